The van der Waals surface area contributed by atoms with Crippen LogP contribution in [0.5, 0.6) is 0 Å². The molecule has 2 heterocycles. The van der Waals surface area contributed by atoms with E-state index in [1.807, 2.05) is 49.9 Å². The van der Waals surface area contributed by atoms with Crippen molar-refractivity contribution in [2.75, 3.05) is 39.8 Å². The Bertz CT molecular complexity index is 913. The average Bonchev–Trinajstić information content (AvgIpc) is 2.77. The highest BCUT2D eigenvalue weighted by Crippen LogP contribution is 2.33. The Balaban J connectivity index is 1.97. The summed E-state index contributed by atoms with van der Waals surface area (Å²) >= 11 is 0. The van der Waals surface area contributed by atoms with Crippen molar-refractivity contribution in [3.8, 4) is 0 Å². The maximum Gasteiger partial charge on any atom is 0.338 e. The summed E-state index contributed by atoms with van der Waals surface area (Å²) in [6.07, 6.45) is 0.490. The number of urea groups is 1. The summed E-state index contributed by atoms with van der Waals surface area (Å²) in [7, 11) is 1.68. The van der Waals surface area contributed by atoms with Crippen LogP contribution in [0.1, 0.15) is 44.4 Å². The van der Waals surface area contributed by atoms with Gasteiger partial charge in [-0.25, -0.2) is 9.59 Å². The van der Waals surface area contributed by atoms with Crippen LogP contribution in [0.3, 0.4) is 0 Å². The van der Waals surface area contributed by atoms with Crippen molar-refractivity contribution in [3.05, 3.63) is 46.7 Å². The lowest BCUT2D eigenvalue weighted by Gasteiger charge is -2.42. The smallest absolute Gasteiger partial charge is 0.338 e. The fourth-order valence-electron chi connectivity index (χ4n) is 4.50. The van der Waals surface area contributed by atoms with Gasteiger partial charge in [0.2, 0.25) is 5.91 Å². The summed E-state index contributed by atoms with van der Waals surface area (Å²) in [4.78, 5) is 43.8. The molecule has 1 saturated heterocycles. The molecule has 0 radical (unpaired) electrons. The van der Waals surface area contributed by atoms with Crippen LogP contribution < -0.4 is 5.32 Å². The van der Waals surface area contributed by atoms with Crippen LogP contribution in [0, 0.1) is 6.92 Å². The van der Waals surface area contributed by atoms with Gasteiger partial charge < -0.3 is 15.0 Å². The van der Waals surface area contributed by atoms with Crippen LogP contribution in [0.2, 0.25) is 0 Å². The van der Waals surface area contributed by atoms with Crippen molar-refractivity contribution in [1.29, 1.82) is 0 Å². The lowest BCUT2D eigenvalue weighted by atomic mass is 9.91. The molecule has 1 aromatic carbocycles. The second-order valence-corrected chi connectivity index (χ2v) is 8.40. The van der Waals surface area contributed by atoms with E-state index in [0.29, 0.717) is 43.9 Å². The highest BCUT2D eigenvalue weighted by atomic mass is 16.5. The maximum atomic E-state index is 13.1. The summed E-state index contributed by atoms with van der Waals surface area (Å²) in [5.74, 6) is -0.271. The second kappa shape index (κ2) is 10.2. The third kappa shape index (κ3) is 4.80. The summed E-state index contributed by atoms with van der Waals surface area (Å²) < 4.78 is 5.41. The van der Waals surface area contributed by atoms with E-state index in [9.17, 15) is 14.4 Å². The minimum absolute atomic E-state index is 0.0673. The fourth-order valence-corrected chi connectivity index (χ4v) is 4.50. The number of hydrogen-bond acceptors (Lipinski definition) is 5. The number of aryl methyl sites for hydroxylation is 1. The number of hydrogen-bond donors (Lipinski definition) is 1. The Kier molecular flexibility index (Phi) is 7.56. The zero-order chi connectivity index (χ0) is 23.4. The molecule has 3 rings (SSSR count). The predicted molar refractivity (Wildman–Crippen MR) is 122 cm³/mol. The Morgan fingerprint density at radius 2 is 1.91 bits per heavy atom. The maximum absolute atomic E-state index is 13.1. The largest absolute Gasteiger partial charge is 0.463 e. The zero-order valence-electron chi connectivity index (χ0n) is 19.7. The molecule has 0 saturated carbocycles. The Morgan fingerprint density at radius 3 is 2.53 bits per heavy atom. The molecule has 0 aliphatic carbocycles. The van der Waals surface area contributed by atoms with Gasteiger partial charge in [0.25, 0.3) is 0 Å². The molecule has 174 valence electrons. The van der Waals surface area contributed by atoms with Gasteiger partial charge in [-0.1, -0.05) is 31.2 Å². The molecular weight excluding hydrogens is 408 g/mol. The van der Waals surface area contributed by atoms with Gasteiger partial charge in [0, 0.05) is 51.4 Å². The molecule has 8 nitrogen and oxygen atoms in total. The Labute approximate surface area is 190 Å². The highest BCUT2D eigenvalue weighted by molar-refractivity contribution is 5.95. The molecular formula is C24H34N4O4. The third-order valence-electron chi connectivity index (χ3n) is 6.28. The Morgan fingerprint density at radius 1 is 1.19 bits per heavy atom. The van der Waals surface area contributed by atoms with E-state index >= 15 is 0 Å². The van der Waals surface area contributed by atoms with Gasteiger partial charge in [0.1, 0.15) is 0 Å². The average molecular weight is 443 g/mol. The molecule has 2 aliphatic heterocycles. The van der Waals surface area contributed by atoms with E-state index in [1.165, 1.54) is 4.90 Å². The van der Waals surface area contributed by atoms with Crippen molar-refractivity contribution >= 4 is 17.9 Å². The van der Waals surface area contributed by atoms with E-state index in [-0.39, 0.29) is 24.6 Å². The molecule has 2 atom stereocenters. The van der Waals surface area contributed by atoms with E-state index in [4.69, 9.17) is 4.74 Å². The van der Waals surface area contributed by atoms with E-state index in [0.717, 1.165) is 11.1 Å². The second-order valence-electron chi connectivity index (χ2n) is 8.40. The number of rotatable bonds is 6. The molecule has 2 aliphatic rings. The molecule has 0 aromatic heterocycles. The van der Waals surface area contributed by atoms with Crippen LogP contribution in [-0.4, -0.2) is 78.5 Å². The SMILES string of the molecule is CCOC(=O)C1=C(CN2CCN(C(=O)CC)[C@H](C)C2)N(C)C(=O)N[C@H]1c1ccccc1C. The first-order valence-electron chi connectivity index (χ1n) is 11.3. The van der Waals surface area contributed by atoms with Crippen LogP contribution in [0.4, 0.5) is 4.79 Å². The van der Waals surface area contributed by atoms with Crippen molar-refractivity contribution < 1.29 is 19.1 Å². The molecule has 3 amide bonds. The number of piperazine rings is 1. The Hall–Kier alpha value is -2.87. The number of carbonyl (C=O) groups is 3. The summed E-state index contributed by atoms with van der Waals surface area (Å²) in [6.45, 7) is 10.3. The number of benzene rings is 1. The van der Waals surface area contributed by atoms with Gasteiger partial charge in [-0.2, -0.15) is 0 Å². The first-order chi connectivity index (χ1) is 15.3. The molecule has 0 spiro atoms. The number of ether oxygens (including phenoxy) is 1. The van der Waals surface area contributed by atoms with E-state index < -0.39 is 12.0 Å². The predicted octanol–water partition coefficient (Wildman–Crippen LogP) is 2.45. The first-order valence-corrected chi connectivity index (χ1v) is 11.3. The van der Waals surface area contributed by atoms with Crippen molar-refractivity contribution in [2.45, 2.75) is 46.2 Å². The van der Waals surface area contributed by atoms with Gasteiger partial charge >= 0.3 is 12.0 Å². The van der Waals surface area contributed by atoms with Gasteiger partial charge in [-0.15, -0.1) is 0 Å². The first kappa shape index (κ1) is 23.8. The summed E-state index contributed by atoms with van der Waals surface area (Å²) in [5.41, 5.74) is 2.97. The minimum atomic E-state index is -0.575. The number of carbonyl (C=O) groups excluding carboxylic acids is 3. The molecule has 8 heteroatoms. The normalized spacial score (nSPS) is 22.1. The van der Waals surface area contributed by atoms with Crippen molar-refractivity contribution in [1.82, 2.24) is 20.0 Å². The standard InChI is InChI=1S/C24H34N4O4/c1-6-20(29)28-13-12-27(14-17(28)4)15-19-21(23(30)32-7-2)22(25-24(31)26(19)5)18-11-9-8-10-16(18)3/h8-11,17,22H,6-7,12-15H2,1-5H3,(H,25,31)/t17-,22+/m1/s1. The molecule has 1 fully saturated rings. The van der Waals surface area contributed by atoms with Gasteiger partial charge in [0.05, 0.1) is 18.2 Å². The zero-order valence-corrected chi connectivity index (χ0v) is 19.7. The van der Waals surface area contributed by atoms with Gasteiger partial charge in [-0.05, 0) is 31.9 Å². The molecule has 0 bridgehead atoms. The van der Waals surface area contributed by atoms with Crippen LogP contribution in [-0.2, 0) is 14.3 Å². The lowest BCUT2D eigenvalue weighted by Crippen LogP contribution is -2.56. The molecule has 1 aromatic rings. The number of esters is 1. The number of nitrogens with one attached hydrogen (secondary N) is 1. The van der Waals surface area contributed by atoms with Gasteiger partial charge in [0.15, 0.2) is 0 Å². The third-order valence-corrected chi connectivity index (χ3v) is 6.28. The summed E-state index contributed by atoms with van der Waals surface area (Å²) in [6, 6.07) is 6.97. The fraction of sp³-hybridized carbons (Fsp3) is 0.542. The summed E-state index contributed by atoms with van der Waals surface area (Å²) in [5, 5.41) is 2.98. The van der Waals surface area contributed by atoms with E-state index in [1.54, 1.807) is 14.0 Å². The van der Waals surface area contributed by atoms with Crippen LogP contribution in [0.25, 0.3) is 0 Å². The molecule has 1 N–H and O–H groups in total. The number of likely N-dealkylation sites (N-methyl/N-ethyl adjacent to an activating group) is 1. The number of amides is 3. The van der Waals surface area contributed by atoms with E-state index in [2.05, 4.69) is 10.2 Å². The van der Waals surface area contributed by atoms with Crippen molar-refractivity contribution in [3.63, 3.8) is 0 Å². The van der Waals surface area contributed by atoms with Gasteiger partial charge in [-0.3, -0.25) is 14.6 Å². The quantitative estimate of drug-likeness (QED) is 0.685. The number of nitrogens with zero attached hydrogens (tertiary/aromatic N) is 3. The monoisotopic (exact) mass is 442 g/mol. The van der Waals surface area contributed by atoms with Crippen molar-refractivity contribution in [2.24, 2.45) is 0 Å². The highest BCUT2D eigenvalue weighted by Gasteiger charge is 2.38. The van der Waals surface area contributed by atoms with Crippen LogP contribution in [0.15, 0.2) is 35.5 Å². The topological polar surface area (TPSA) is 82.2 Å². The van der Waals surface area contributed by atoms with Crippen LogP contribution >= 0.6 is 0 Å². The molecule has 32 heavy (non-hydrogen) atoms. The minimum Gasteiger partial charge on any atom is -0.463 e. The lowest BCUT2D eigenvalue weighted by molar-refractivity contribution is -0.139. The molecule has 0 unspecified atom stereocenters.